The lowest BCUT2D eigenvalue weighted by Crippen LogP contribution is -2.50. The van der Waals surface area contributed by atoms with E-state index < -0.39 is 15.1 Å². The summed E-state index contributed by atoms with van der Waals surface area (Å²) in [5, 5.41) is 6.70. The first kappa shape index (κ1) is 29.0. The highest BCUT2D eigenvalue weighted by Gasteiger charge is 2.53. The zero-order valence-electron chi connectivity index (χ0n) is 19.0. The highest BCUT2D eigenvalue weighted by Crippen LogP contribution is 2.36. The summed E-state index contributed by atoms with van der Waals surface area (Å²) in [6.45, 7) is 2.88. The molecule has 33 heavy (non-hydrogen) atoms. The second-order valence-corrected chi connectivity index (χ2v) is 12.0. The molecule has 2 aliphatic heterocycles. The van der Waals surface area contributed by atoms with Crippen molar-refractivity contribution >= 4 is 59.7 Å². The van der Waals surface area contributed by atoms with E-state index >= 15 is 0 Å². The third-order valence-corrected chi connectivity index (χ3v) is 9.52. The van der Waals surface area contributed by atoms with Gasteiger partial charge in [0.1, 0.15) is 0 Å². The van der Waals surface area contributed by atoms with E-state index in [1.54, 1.807) is 0 Å². The monoisotopic (exact) mass is 664 g/mol. The molecule has 4 rings (SSSR count). The Kier molecular flexibility index (Phi) is 11.6. The Morgan fingerprint density at radius 3 is 2.39 bits per heavy atom. The summed E-state index contributed by atoms with van der Waals surface area (Å²) in [5.74, 6) is 0. The van der Waals surface area contributed by atoms with Crippen molar-refractivity contribution in [2.24, 2.45) is 0 Å². The molecule has 184 valence electrons. The standard InChI is InChI=1S/C25H33BrN2O2S.2BrH/c1-2-3-4-5-7-18-10-12-21(13-11-18)31(29,30)25-23-15-14-22(28-23)24(25)27-17-19-8-6-9-20(26)16-19;;/h6,8-13,16,22-25,27-28H,2-5,7,14-15,17H2,1H3;2*1H/t22-,23+,24-,25+;;/m1../s1. The summed E-state index contributed by atoms with van der Waals surface area (Å²) in [5.41, 5.74) is 2.38. The number of aryl methyl sites for hydroxylation is 1. The van der Waals surface area contributed by atoms with Crippen LogP contribution in [-0.4, -0.2) is 31.8 Å². The van der Waals surface area contributed by atoms with Crippen molar-refractivity contribution in [2.45, 2.75) is 86.7 Å². The smallest absolute Gasteiger partial charge is 0.184 e. The summed E-state index contributed by atoms with van der Waals surface area (Å²) in [6.07, 6.45) is 7.87. The summed E-state index contributed by atoms with van der Waals surface area (Å²) in [6, 6.07) is 16.0. The molecule has 0 radical (unpaired) electrons. The molecule has 0 aliphatic carbocycles. The summed E-state index contributed by atoms with van der Waals surface area (Å²) < 4.78 is 28.3. The topological polar surface area (TPSA) is 58.2 Å². The summed E-state index contributed by atoms with van der Waals surface area (Å²) in [7, 11) is -3.41. The van der Waals surface area contributed by atoms with E-state index in [0.29, 0.717) is 11.4 Å². The van der Waals surface area contributed by atoms with E-state index in [2.05, 4.69) is 45.6 Å². The van der Waals surface area contributed by atoms with Crippen molar-refractivity contribution in [3.8, 4) is 0 Å². The minimum absolute atomic E-state index is 0. The number of unbranched alkanes of at least 4 members (excludes halogenated alkanes) is 3. The van der Waals surface area contributed by atoms with Gasteiger partial charge in [-0.3, -0.25) is 0 Å². The van der Waals surface area contributed by atoms with Crippen LogP contribution in [-0.2, 0) is 22.8 Å². The molecule has 2 heterocycles. The summed E-state index contributed by atoms with van der Waals surface area (Å²) >= 11 is 3.52. The van der Waals surface area contributed by atoms with Crippen LogP contribution in [0.3, 0.4) is 0 Å². The number of nitrogens with one attached hydrogen (secondary N) is 2. The number of halogens is 3. The lowest BCUT2D eigenvalue weighted by Gasteiger charge is -2.30. The average Bonchev–Trinajstić information content (AvgIpc) is 3.38. The molecule has 2 N–H and O–H groups in total. The van der Waals surface area contributed by atoms with Gasteiger partial charge >= 0.3 is 0 Å². The lowest BCUT2D eigenvalue weighted by molar-refractivity contribution is 0.409. The molecule has 2 aromatic carbocycles. The van der Waals surface area contributed by atoms with E-state index in [-0.39, 0.29) is 52.1 Å². The van der Waals surface area contributed by atoms with E-state index in [9.17, 15) is 8.42 Å². The van der Waals surface area contributed by atoms with Gasteiger partial charge in [0, 0.05) is 29.1 Å². The Balaban J connectivity index is 0.00000193. The third kappa shape index (κ3) is 6.91. The van der Waals surface area contributed by atoms with Crippen LogP contribution < -0.4 is 10.6 Å². The Morgan fingerprint density at radius 1 is 0.970 bits per heavy atom. The molecule has 2 aliphatic rings. The van der Waals surface area contributed by atoms with Crippen LogP contribution in [0.15, 0.2) is 57.9 Å². The third-order valence-electron chi connectivity index (χ3n) is 6.76. The Labute approximate surface area is 228 Å². The molecule has 8 heteroatoms. The van der Waals surface area contributed by atoms with Gasteiger partial charge in [-0.05, 0) is 61.1 Å². The number of hydrogen-bond acceptors (Lipinski definition) is 4. The Morgan fingerprint density at radius 2 is 1.70 bits per heavy atom. The largest absolute Gasteiger partial charge is 0.308 e. The van der Waals surface area contributed by atoms with E-state index in [4.69, 9.17) is 0 Å². The quantitative estimate of drug-likeness (QED) is 0.298. The van der Waals surface area contributed by atoms with E-state index in [1.807, 2.05) is 36.4 Å². The SMILES string of the molecule is Br.Br.CCCCCCc1ccc(S(=O)(=O)[C@@H]2[C@H](NCc3cccc(Br)c3)[C@H]3CC[C@@H]2N3)cc1. The Hall–Kier alpha value is -0.250. The molecule has 4 atom stereocenters. The molecule has 0 unspecified atom stereocenters. The Bertz CT molecular complexity index is 985. The van der Waals surface area contributed by atoms with Crippen LogP contribution in [0.4, 0.5) is 0 Å². The minimum Gasteiger partial charge on any atom is -0.308 e. The van der Waals surface area contributed by atoms with Gasteiger partial charge in [-0.1, -0.05) is 66.4 Å². The zero-order chi connectivity index (χ0) is 21.8. The van der Waals surface area contributed by atoms with Crippen molar-refractivity contribution in [2.75, 3.05) is 0 Å². The van der Waals surface area contributed by atoms with Gasteiger partial charge in [-0.15, -0.1) is 34.0 Å². The molecule has 2 fully saturated rings. The predicted molar refractivity (Wildman–Crippen MR) is 151 cm³/mol. The second kappa shape index (κ2) is 13.2. The van der Waals surface area contributed by atoms with Gasteiger partial charge in [0.05, 0.1) is 10.1 Å². The average molecular weight is 667 g/mol. The normalized spacial score (nSPS) is 23.7. The van der Waals surface area contributed by atoms with Gasteiger partial charge in [-0.25, -0.2) is 8.42 Å². The van der Waals surface area contributed by atoms with Crippen LogP contribution >= 0.6 is 49.9 Å². The van der Waals surface area contributed by atoms with Gasteiger partial charge in [0.25, 0.3) is 0 Å². The van der Waals surface area contributed by atoms with Gasteiger partial charge in [-0.2, -0.15) is 0 Å². The first-order valence-corrected chi connectivity index (χ1v) is 13.9. The molecular weight excluding hydrogens is 632 g/mol. The number of rotatable bonds is 10. The lowest BCUT2D eigenvalue weighted by atomic mass is 9.94. The number of hydrogen-bond donors (Lipinski definition) is 2. The fourth-order valence-corrected chi connectivity index (χ4v) is 7.73. The van der Waals surface area contributed by atoms with Crippen molar-refractivity contribution < 1.29 is 8.42 Å². The van der Waals surface area contributed by atoms with Gasteiger partial charge in [0.2, 0.25) is 0 Å². The van der Waals surface area contributed by atoms with Crippen LogP contribution in [0, 0.1) is 0 Å². The molecule has 2 bridgehead atoms. The van der Waals surface area contributed by atoms with E-state index in [0.717, 1.165) is 35.7 Å². The van der Waals surface area contributed by atoms with Crippen molar-refractivity contribution in [3.05, 3.63) is 64.1 Å². The van der Waals surface area contributed by atoms with E-state index in [1.165, 1.54) is 24.8 Å². The zero-order valence-corrected chi connectivity index (χ0v) is 24.8. The summed E-state index contributed by atoms with van der Waals surface area (Å²) in [4.78, 5) is 0.457. The first-order chi connectivity index (χ1) is 15.0. The van der Waals surface area contributed by atoms with Crippen molar-refractivity contribution in [3.63, 3.8) is 0 Å². The maximum Gasteiger partial charge on any atom is 0.184 e. The van der Waals surface area contributed by atoms with Crippen molar-refractivity contribution in [1.82, 2.24) is 10.6 Å². The minimum atomic E-state index is -3.41. The van der Waals surface area contributed by atoms with Crippen molar-refractivity contribution in [1.29, 1.82) is 0 Å². The molecule has 2 saturated heterocycles. The number of benzene rings is 2. The molecule has 0 saturated carbocycles. The van der Waals surface area contributed by atoms with Crippen LogP contribution in [0.1, 0.15) is 56.6 Å². The van der Waals surface area contributed by atoms with Gasteiger partial charge < -0.3 is 10.6 Å². The maximum atomic E-state index is 13.6. The van der Waals surface area contributed by atoms with Crippen LogP contribution in [0.25, 0.3) is 0 Å². The van der Waals surface area contributed by atoms with Gasteiger partial charge in [0.15, 0.2) is 9.84 Å². The molecule has 4 nitrogen and oxygen atoms in total. The molecule has 2 aromatic rings. The molecule has 0 aromatic heterocycles. The number of sulfone groups is 1. The molecular formula is C25H35Br3N2O2S. The fourth-order valence-electron chi connectivity index (χ4n) is 5.13. The fraction of sp³-hybridized carbons (Fsp3) is 0.520. The number of fused-ring (bicyclic) bond motifs is 2. The first-order valence-electron chi connectivity index (χ1n) is 11.6. The predicted octanol–water partition coefficient (Wildman–Crippen LogP) is 6.16. The second-order valence-electron chi connectivity index (χ2n) is 8.96. The highest BCUT2D eigenvalue weighted by atomic mass is 79.9. The van der Waals surface area contributed by atoms with Crippen LogP contribution in [0.5, 0.6) is 0 Å². The van der Waals surface area contributed by atoms with Crippen LogP contribution in [0.2, 0.25) is 0 Å². The molecule has 0 spiro atoms. The maximum absolute atomic E-state index is 13.6. The highest BCUT2D eigenvalue weighted by molar-refractivity contribution is 9.10. The molecule has 0 amide bonds.